The van der Waals surface area contributed by atoms with E-state index in [4.69, 9.17) is 0 Å². The van der Waals surface area contributed by atoms with Crippen LogP contribution in [0, 0.1) is 0 Å². The van der Waals surface area contributed by atoms with Gasteiger partial charge in [-0.1, -0.05) is 6.92 Å². The number of nitrogens with one attached hydrogen (secondary N) is 1. The van der Waals surface area contributed by atoms with Gasteiger partial charge in [0.25, 0.3) is 0 Å². The number of carbonyl (C=O) groups is 1. The van der Waals surface area contributed by atoms with E-state index in [1.165, 1.54) is 0 Å². The normalized spacial score (nSPS) is 15.6. The van der Waals surface area contributed by atoms with E-state index in [1.807, 2.05) is 11.8 Å². The monoisotopic (exact) mass is 228 g/mol. The Kier molecular flexibility index (Phi) is 10.2. The van der Waals surface area contributed by atoms with Crippen molar-refractivity contribution in [2.24, 2.45) is 0 Å². The highest BCUT2D eigenvalue weighted by Crippen LogP contribution is 1.98. The summed E-state index contributed by atoms with van der Waals surface area (Å²) < 4.78 is 0. The second-order valence-corrected chi connectivity index (χ2v) is 2.88. The maximum Gasteiger partial charge on any atom is 0.222 e. The van der Waals surface area contributed by atoms with E-state index in [9.17, 15) is 4.79 Å². The van der Waals surface area contributed by atoms with E-state index in [2.05, 4.69) is 5.32 Å². The Morgan fingerprint density at radius 1 is 1.31 bits per heavy atom. The van der Waals surface area contributed by atoms with E-state index in [0.717, 1.165) is 32.6 Å². The Balaban J connectivity index is 0. The van der Waals surface area contributed by atoms with E-state index in [1.54, 1.807) is 0 Å². The fraction of sp³-hybridized carbons (Fsp3) is 0.875. The smallest absolute Gasteiger partial charge is 0.222 e. The minimum atomic E-state index is 0. The minimum absolute atomic E-state index is 0. The molecule has 0 aliphatic carbocycles. The molecule has 1 rings (SSSR count). The van der Waals surface area contributed by atoms with Crippen LogP contribution in [0.1, 0.15) is 19.8 Å². The number of rotatable bonds is 2. The molecule has 0 bridgehead atoms. The molecule has 0 aromatic carbocycles. The summed E-state index contributed by atoms with van der Waals surface area (Å²) >= 11 is 0. The molecule has 0 atom stereocenters. The summed E-state index contributed by atoms with van der Waals surface area (Å²) in [6, 6.07) is 0. The first kappa shape index (κ1) is 15.5. The van der Waals surface area contributed by atoms with Crippen LogP contribution in [-0.2, 0) is 4.79 Å². The fourth-order valence-electron chi connectivity index (χ4n) is 1.29. The molecule has 0 aromatic heterocycles. The standard InChI is InChI=1S/C8H16N2O.2ClH/c1-2-3-8(11)10-6-4-9-5-7-10;;/h9H,2-7H2,1H3;2*1H. The van der Waals surface area contributed by atoms with Crippen LogP contribution in [0.2, 0.25) is 0 Å². The lowest BCUT2D eigenvalue weighted by atomic mass is 10.2. The summed E-state index contributed by atoms with van der Waals surface area (Å²) in [6.45, 7) is 5.72. The number of hydrogen-bond donors (Lipinski definition) is 1. The van der Waals surface area contributed by atoms with Crippen molar-refractivity contribution in [3.05, 3.63) is 0 Å². The van der Waals surface area contributed by atoms with Gasteiger partial charge < -0.3 is 10.2 Å². The third-order valence-corrected chi connectivity index (χ3v) is 1.93. The zero-order valence-corrected chi connectivity index (χ0v) is 9.55. The number of nitrogens with zero attached hydrogens (tertiary/aromatic N) is 1. The zero-order valence-electron chi connectivity index (χ0n) is 7.91. The highest BCUT2D eigenvalue weighted by Gasteiger charge is 2.14. The first-order valence-corrected chi connectivity index (χ1v) is 4.33. The lowest BCUT2D eigenvalue weighted by Gasteiger charge is -2.27. The van der Waals surface area contributed by atoms with Crippen LogP contribution >= 0.6 is 24.8 Å². The Morgan fingerprint density at radius 3 is 2.31 bits per heavy atom. The minimum Gasteiger partial charge on any atom is -0.340 e. The number of carbonyl (C=O) groups excluding carboxylic acids is 1. The van der Waals surface area contributed by atoms with E-state index < -0.39 is 0 Å². The third kappa shape index (κ3) is 5.34. The predicted octanol–water partition coefficient (Wildman–Crippen LogP) is 1.06. The second kappa shape index (κ2) is 8.60. The lowest BCUT2D eigenvalue weighted by molar-refractivity contribution is -0.131. The van der Waals surface area contributed by atoms with Gasteiger partial charge in [-0.2, -0.15) is 0 Å². The molecular formula is C8H18Cl2N2O. The molecule has 1 aliphatic heterocycles. The molecular weight excluding hydrogens is 211 g/mol. The van der Waals surface area contributed by atoms with Crippen LogP contribution < -0.4 is 5.32 Å². The van der Waals surface area contributed by atoms with Gasteiger partial charge in [0, 0.05) is 32.6 Å². The molecule has 0 aromatic rings. The number of hydrogen-bond acceptors (Lipinski definition) is 2. The van der Waals surface area contributed by atoms with Crippen LogP contribution in [0.15, 0.2) is 0 Å². The van der Waals surface area contributed by atoms with Gasteiger partial charge in [-0.15, -0.1) is 24.8 Å². The summed E-state index contributed by atoms with van der Waals surface area (Å²) in [5.74, 6) is 0.314. The Morgan fingerprint density at radius 2 is 1.85 bits per heavy atom. The van der Waals surface area contributed by atoms with Crippen molar-refractivity contribution in [3.63, 3.8) is 0 Å². The largest absolute Gasteiger partial charge is 0.340 e. The predicted molar refractivity (Wildman–Crippen MR) is 58.9 cm³/mol. The second-order valence-electron chi connectivity index (χ2n) is 2.88. The zero-order chi connectivity index (χ0) is 8.10. The van der Waals surface area contributed by atoms with Crippen molar-refractivity contribution >= 4 is 30.7 Å². The maximum atomic E-state index is 11.3. The highest BCUT2D eigenvalue weighted by molar-refractivity contribution is 5.85. The molecule has 0 saturated carbocycles. The molecule has 5 heteroatoms. The van der Waals surface area contributed by atoms with Crippen LogP contribution in [0.5, 0.6) is 0 Å². The summed E-state index contributed by atoms with van der Waals surface area (Å²) in [5, 5.41) is 3.22. The van der Waals surface area contributed by atoms with Crippen molar-refractivity contribution in [2.75, 3.05) is 26.2 Å². The summed E-state index contributed by atoms with van der Waals surface area (Å²) in [5.41, 5.74) is 0. The summed E-state index contributed by atoms with van der Waals surface area (Å²) in [7, 11) is 0. The van der Waals surface area contributed by atoms with Crippen molar-refractivity contribution in [3.8, 4) is 0 Å². The highest BCUT2D eigenvalue weighted by atomic mass is 35.5. The molecule has 1 N–H and O–H groups in total. The van der Waals surface area contributed by atoms with Gasteiger partial charge in [0.1, 0.15) is 0 Å². The molecule has 1 aliphatic rings. The van der Waals surface area contributed by atoms with Gasteiger partial charge in [0.2, 0.25) is 5.91 Å². The van der Waals surface area contributed by atoms with Crippen LogP contribution in [-0.4, -0.2) is 37.0 Å². The first-order chi connectivity index (χ1) is 5.34. The first-order valence-electron chi connectivity index (χ1n) is 4.33. The Bertz CT molecular complexity index is 138. The summed E-state index contributed by atoms with van der Waals surface area (Å²) in [6.07, 6.45) is 1.67. The molecule has 3 nitrogen and oxygen atoms in total. The van der Waals surface area contributed by atoms with Gasteiger partial charge in [-0.25, -0.2) is 0 Å². The van der Waals surface area contributed by atoms with Crippen molar-refractivity contribution < 1.29 is 4.79 Å². The van der Waals surface area contributed by atoms with Crippen molar-refractivity contribution in [2.45, 2.75) is 19.8 Å². The van der Waals surface area contributed by atoms with Gasteiger partial charge in [-0.05, 0) is 6.42 Å². The SMILES string of the molecule is CCCC(=O)N1CCNCC1.Cl.Cl. The molecule has 1 heterocycles. The topological polar surface area (TPSA) is 32.3 Å². The van der Waals surface area contributed by atoms with E-state index in [-0.39, 0.29) is 24.8 Å². The van der Waals surface area contributed by atoms with Crippen LogP contribution in [0.25, 0.3) is 0 Å². The average molecular weight is 229 g/mol. The van der Waals surface area contributed by atoms with Crippen molar-refractivity contribution in [1.82, 2.24) is 10.2 Å². The quantitative estimate of drug-likeness (QED) is 0.767. The van der Waals surface area contributed by atoms with E-state index >= 15 is 0 Å². The Labute approximate surface area is 92.1 Å². The van der Waals surface area contributed by atoms with Crippen molar-refractivity contribution in [1.29, 1.82) is 0 Å². The molecule has 1 fully saturated rings. The maximum absolute atomic E-state index is 11.3. The van der Waals surface area contributed by atoms with Crippen LogP contribution in [0.3, 0.4) is 0 Å². The lowest BCUT2D eigenvalue weighted by Crippen LogP contribution is -2.46. The van der Waals surface area contributed by atoms with Gasteiger partial charge >= 0.3 is 0 Å². The van der Waals surface area contributed by atoms with Crippen LogP contribution in [0.4, 0.5) is 0 Å². The third-order valence-electron chi connectivity index (χ3n) is 1.93. The average Bonchev–Trinajstić information content (AvgIpc) is 2.07. The van der Waals surface area contributed by atoms with Gasteiger partial charge in [0.05, 0.1) is 0 Å². The molecule has 1 amide bonds. The Hall–Kier alpha value is 0.01000. The number of amides is 1. The molecule has 13 heavy (non-hydrogen) atoms. The van der Waals surface area contributed by atoms with Gasteiger partial charge in [-0.3, -0.25) is 4.79 Å². The van der Waals surface area contributed by atoms with Gasteiger partial charge in [0.15, 0.2) is 0 Å². The molecule has 1 saturated heterocycles. The van der Waals surface area contributed by atoms with E-state index in [0.29, 0.717) is 12.3 Å². The molecule has 0 unspecified atom stereocenters. The number of halogens is 2. The number of piperazine rings is 1. The fourth-order valence-corrected chi connectivity index (χ4v) is 1.29. The molecule has 80 valence electrons. The molecule has 0 spiro atoms. The molecule has 0 radical (unpaired) electrons. The summed E-state index contributed by atoms with van der Waals surface area (Å²) in [4.78, 5) is 13.2.